The van der Waals surface area contributed by atoms with Crippen LogP contribution in [-0.4, -0.2) is 24.1 Å². The molecule has 16 heavy (non-hydrogen) atoms. The first-order valence-electron chi connectivity index (χ1n) is 5.79. The van der Waals surface area contributed by atoms with Gasteiger partial charge in [0.05, 0.1) is 0 Å². The molecule has 2 rings (SSSR count). The van der Waals surface area contributed by atoms with E-state index in [4.69, 9.17) is 5.73 Å². The molecule has 0 bridgehead atoms. The zero-order valence-electron chi connectivity index (χ0n) is 9.56. The van der Waals surface area contributed by atoms with Gasteiger partial charge in [-0.05, 0) is 53.7 Å². The van der Waals surface area contributed by atoms with Gasteiger partial charge in [0.2, 0.25) is 0 Å². The Labute approximate surface area is 105 Å². The second-order valence-corrected chi connectivity index (χ2v) is 5.46. The van der Waals surface area contributed by atoms with Gasteiger partial charge in [-0.1, -0.05) is 0 Å². The molecule has 1 saturated heterocycles. The summed E-state index contributed by atoms with van der Waals surface area (Å²) in [4.78, 5) is 6.77. The number of aromatic nitrogens is 1. The van der Waals surface area contributed by atoms with Crippen LogP contribution in [0.2, 0.25) is 0 Å². The number of rotatable bonds is 2. The SMILES string of the molecule is CC(N)C1CCCN(c2ccc(Br)cn2)C1. The number of anilines is 1. The first-order chi connectivity index (χ1) is 7.66. The number of nitrogens with zero attached hydrogens (tertiary/aromatic N) is 2. The van der Waals surface area contributed by atoms with Crippen molar-refractivity contribution in [1.82, 2.24) is 4.98 Å². The maximum absolute atomic E-state index is 5.98. The van der Waals surface area contributed by atoms with Crippen molar-refractivity contribution < 1.29 is 0 Å². The lowest BCUT2D eigenvalue weighted by Crippen LogP contribution is -2.42. The third-order valence-corrected chi connectivity index (χ3v) is 3.71. The predicted octanol–water partition coefficient (Wildman–Crippen LogP) is 2.41. The number of piperidine rings is 1. The van der Waals surface area contributed by atoms with Crippen molar-refractivity contribution in [1.29, 1.82) is 0 Å². The Morgan fingerprint density at radius 2 is 2.38 bits per heavy atom. The zero-order chi connectivity index (χ0) is 11.5. The van der Waals surface area contributed by atoms with Crippen LogP contribution in [0.1, 0.15) is 19.8 Å². The Bertz CT molecular complexity index is 337. The average Bonchev–Trinajstić information content (AvgIpc) is 2.30. The quantitative estimate of drug-likeness (QED) is 0.906. The molecule has 1 aromatic rings. The van der Waals surface area contributed by atoms with Crippen molar-refractivity contribution in [3.63, 3.8) is 0 Å². The van der Waals surface area contributed by atoms with E-state index in [1.54, 1.807) is 0 Å². The maximum Gasteiger partial charge on any atom is 0.128 e. The molecule has 1 aromatic heterocycles. The van der Waals surface area contributed by atoms with Crippen LogP contribution >= 0.6 is 15.9 Å². The van der Waals surface area contributed by atoms with Gasteiger partial charge >= 0.3 is 0 Å². The fourth-order valence-electron chi connectivity index (χ4n) is 2.20. The fraction of sp³-hybridized carbons (Fsp3) is 0.583. The van der Waals surface area contributed by atoms with Crippen molar-refractivity contribution in [3.05, 3.63) is 22.8 Å². The van der Waals surface area contributed by atoms with Gasteiger partial charge in [-0.25, -0.2) is 4.98 Å². The van der Waals surface area contributed by atoms with E-state index in [2.05, 4.69) is 38.8 Å². The lowest BCUT2D eigenvalue weighted by atomic mass is 9.92. The number of nitrogens with two attached hydrogens (primary N) is 1. The topological polar surface area (TPSA) is 42.1 Å². The summed E-state index contributed by atoms with van der Waals surface area (Å²) >= 11 is 3.40. The first-order valence-corrected chi connectivity index (χ1v) is 6.58. The molecule has 1 aliphatic rings. The first kappa shape index (κ1) is 11.9. The molecule has 0 aromatic carbocycles. The normalized spacial score (nSPS) is 23.2. The molecule has 0 radical (unpaired) electrons. The highest BCUT2D eigenvalue weighted by Gasteiger charge is 2.23. The minimum Gasteiger partial charge on any atom is -0.356 e. The third-order valence-electron chi connectivity index (χ3n) is 3.24. The lowest BCUT2D eigenvalue weighted by molar-refractivity contribution is 0.363. The van der Waals surface area contributed by atoms with Crippen LogP contribution in [-0.2, 0) is 0 Å². The van der Waals surface area contributed by atoms with Gasteiger partial charge < -0.3 is 10.6 Å². The van der Waals surface area contributed by atoms with E-state index in [9.17, 15) is 0 Å². The Balaban J connectivity index is 2.06. The van der Waals surface area contributed by atoms with Crippen molar-refractivity contribution >= 4 is 21.7 Å². The Kier molecular flexibility index (Phi) is 3.82. The smallest absolute Gasteiger partial charge is 0.128 e. The highest BCUT2D eigenvalue weighted by molar-refractivity contribution is 9.10. The molecule has 2 unspecified atom stereocenters. The van der Waals surface area contributed by atoms with Crippen molar-refractivity contribution in [3.8, 4) is 0 Å². The zero-order valence-corrected chi connectivity index (χ0v) is 11.2. The molecule has 1 fully saturated rings. The van der Waals surface area contributed by atoms with E-state index in [-0.39, 0.29) is 6.04 Å². The number of pyridine rings is 1. The summed E-state index contributed by atoms with van der Waals surface area (Å²) in [6.45, 7) is 4.23. The Morgan fingerprint density at radius 1 is 1.56 bits per heavy atom. The molecule has 4 heteroatoms. The largest absolute Gasteiger partial charge is 0.356 e. The van der Waals surface area contributed by atoms with E-state index in [1.165, 1.54) is 12.8 Å². The third kappa shape index (κ3) is 2.74. The minimum atomic E-state index is 0.276. The molecule has 1 aliphatic heterocycles. The summed E-state index contributed by atoms with van der Waals surface area (Å²) in [5, 5.41) is 0. The fourth-order valence-corrected chi connectivity index (χ4v) is 2.44. The minimum absolute atomic E-state index is 0.276. The average molecular weight is 284 g/mol. The standard InChI is InChI=1S/C12H18BrN3/c1-9(14)10-3-2-6-16(8-10)12-5-4-11(13)7-15-12/h4-5,7,9-10H,2-3,6,8,14H2,1H3. The highest BCUT2D eigenvalue weighted by Crippen LogP contribution is 2.23. The van der Waals surface area contributed by atoms with Crippen LogP contribution in [0.15, 0.2) is 22.8 Å². The van der Waals surface area contributed by atoms with Gasteiger partial charge in [-0.3, -0.25) is 0 Å². The molecule has 2 N–H and O–H groups in total. The second kappa shape index (κ2) is 5.15. The summed E-state index contributed by atoms with van der Waals surface area (Å²) in [7, 11) is 0. The van der Waals surface area contributed by atoms with Gasteiger partial charge in [-0.15, -0.1) is 0 Å². The summed E-state index contributed by atoms with van der Waals surface area (Å²) in [6, 6.07) is 4.38. The molecular formula is C12H18BrN3. The summed E-state index contributed by atoms with van der Waals surface area (Å²) in [5.41, 5.74) is 5.98. The maximum atomic E-state index is 5.98. The lowest BCUT2D eigenvalue weighted by Gasteiger charge is -2.35. The van der Waals surface area contributed by atoms with Crippen molar-refractivity contribution in [2.24, 2.45) is 11.7 Å². The van der Waals surface area contributed by atoms with E-state index >= 15 is 0 Å². The van der Waals surface area contributed by atoms with E-state index < -0.39 is 0 Å². The van der Waals surface area contributed by atoms with Crippen LogP contribution < -0.4 is 10.6 Å². The molecule has 3 nitrogen and oxygen atoms in total. The van der Waals surface area contributed by atoms with E-state index in [0.717, 1.165) is 23.4 Å². The van der Waals surface area contributed by atoms with Crippen LogP contribution in [0.4, 0.5) is 5.82 Å². The molecule has 0 saturated carbocycles. The van der Waals surface area contributed by atoms with Gasteiger partial charge in [0.25, 0.3) is 0 Å². The molecule has 0 amide bonds. The monoisotopic (exact) mass is 283 g/mol. The van der Waals surface area contributed by atoms with Crippen LogP contribution in [0.5, 0.6) is 0 Å². The molecule has 2 heterocycles. The molecule has 0 spiro atoms. The molecular weight excluding hydrogens is 266 g/mol. The molecule has 88 valence electrons. The number of hydrogen-bond donors (Lipinski definition) is 1. The van der Waals surface area contributed by atoms with Crippen LogP contribution in [0.3, 0.4) is 0 Å². The predicted molar refractivity (Wildman–Crippen MR) is 70.5 cm³/mol. The second-order valence-electron chi connectivity index (χ2n) is 4.54. The van der Waals surface area contributed by atoms with Gasteiger partial charge in [0.1, 0.15) is 5.82 Å². The molecule has 0 aliphatic carbocycles. The Morgan fingerprint density at radius 3 is 3.00 bits per heavy atom. The van der Waals surface area contributed by atoms with Gasteiger partial charge in [-0.2, -0.15) is 0 Å². The number of hydrogen-bond acceptors (Lipinski definition) is 3. The van der Waals surface area contributed by atoms with E-state index in [1.807, 2.05) is 12.3 Å². The van der Waals surface area contributed by atoms with Crippen molar-refractivity contribution in [2.45, 2.75) is 25.8 Å². The Hall–Kier alpha value is -0.610. The summed E-state index contributed by atoms with van der Waals surface area (Å²) < 4.78 is 1.03. The summed E-state index contributed by atoms with van der Waals surface area (Å²) in [6.07, 6.45) is 4.31. The van der Waals surface area contributed by atoms with Crippen molar-refractivity contribution in [2.75, 3.05) is 18.0 Å². The molecule has 2 atom stereocenters. The highest BCUT2D eigenvalue weighted by atomic mass is 79.9. The van der Waals surface area contributed by atoms with Gasteiger partial charge in [0.15, 0.2) is 0 Å². The number of halogens is 1. The van der Waals surface area contributed by atoms with Crippen LogP contribution in [0, 0.1) is 5.92 Å². The van der Waals surface area contributed by atoms with E-state index in [0.29, 0.717) is 5.92 Å². The van der Waals surface area contributed by atoms with Gasteiger partial charge in [0, 0.05) is 29.8 Å². The van der Waals surface area contributed by atoms with Crippen LogP contribution in [0.25, 0.3) is 0 Å². The summed E-state index contributed by atoms with van der Waals surface area (Å²) in [5.74, 6) is 1.66.